The van der Waals surface area contributed by atoms with Crippen LogP contribution < -0.4 is 31.1 Å². The number of hydrogen-bond donors (Lipinski definition) is 4. The number of ether oxygens (including phenoxy) is 5. The van der Waals surface area contributed by atoms with E-state index in [1.165, 1.54) is 0 Å². The third-order valence-electron chi connectivity index (χ3n) is 16.5. The molecule has 530 valence electrons. The molecule has 5 N–H and O–H groups in total. The number of benzene rings is 3. The Labute approximate surface area is 597 Å². The van der Waals surface area contributed by atoms with Crippen molar-refractivity contribution in [1.29, 1.82) is 0 Å². The fourth-order valence-electron chi connectivity index (χ4n) is 11.7. The van der Waals surface area contributed by atoms with Gasteiger partial charge in [-0.1, -0.05) is 70.5 Å². The Morgan fingerprint density at radius 2 is 0.824 bits per heavy atom. The van der Waals surface area contributed by atoms with E-state index in [0.717, 1.165) is 140 Å². The predicted octanol–water partition coefficient (Wildman–Crippen LogP) is 11.1. The number of aliphatic carboxylic acids is 1. The minimum absolute atomic E-state index is 0.0133. The summed E-state index contributed by atoms with van der Waals surface area (Å²) in [4.78, 5) is 69.0. The van der Waals surface area contributed by atoms with Gasteiger partial charge in [-0.3, -0.25) is 29.3 Å². The largest absolute Gasteiger partial charge is 0.481 e. The number of anilines is 6. The lowest BCUT2D eigenvalue weighted by Crippen LogP contribution is -2.37. The molecule has 3 aliphatic heterocycles. The highest BCUT2D eigenvalue weighted by atomic mass is 79.9. The number of carbonyl (C=O) groups excluding carboxylic acids is 2. The number of carbonyl (C=O) groups is 3. The summed E-state index contributed by atoms with van der Waals surface area (Å²) < 4.78 is 32.1. The molecule has 102 heavy (non-hydrogen) atoms. The van der Waals surface area contributed by atoms with Gasteiger partial charge in [-0.25, -0.2) is 15.0 Å². The monoisotopic (exact) mass is 1450 g/mol. The standard InChI is InChI=1S/C26H30N6O3.C22H22N6O3.C19H18N6O.C7H13BrO2/c1-26(2,3)35-24(33)8-9-27-22-15-23(31-10-12-34-13-11-31)30-25-20(17-29-32(22)25)19-14-18-6-4-5-7-21(18)28-16-19;29-21(30)5-6-23-19-12-20(27-7-9-31-10-8-27)26-22-17(14-25-28(19)22)16-11-15-3-1-2-4-18(15)24-13-16;20-17-10-18(24-5-7-26-8-6-24)23-19-15(12-22-25(17)19)14-9-13-3-1-2-4-16(13)21-11-14;1-7(2,3)10-6(9)4-5-8/h4-7,14-17,27H,8-13H2,1-3H3;1-4,11-14,23H,5-10H2,(H,29,30);1-4,9-12H,5-8,20H2;4-5H2,1-3H3. The number of fused-ring (bicyclic) bond motifs is 6. The summed E-state index contributed by atoms with van der Waals surface area (Å²) in [5, 5.41) is 33.0. The fourth-order valence-corrected chi connectivity index (χ4v) is 12.0. The highest BCUT2D eigenvalue weighted by molar-refractivity contribution is 9.09. The van der Waals surface area contributed by atoms with Crippen molar-refractivity contribution >= 4 is 118 Å². The number of halogens is 1. The topological polar surface area (TPSA) is 307 Å². The van der Waals surface area contributed by atoms with Crippen LogP contribution in [0.25, 0.3) is 83.0 Å². The third kappa shape index (κ3) is 17.9. The van der Waals surface area contributed by atoms with Crippen molar-refractivity contribution in [3.63, 3.8) is 0 Å². The zero-order valence-electron chi connectivity index (χ0n) is 58.0. The lowest BCUT2D eigenvalue weighted by atomic mass is 10.1. The molecule has 0 aliphatic carbocycles. The van der Waals surface area contributed by atoms with Gasteiger partial charge in [0.2, 0.25) is 0 Å². The quantitative estimate of drug-likeness (QED) is 0.0516. The molecular weight excluding hydrogens is 1360 g/mol. The lowest BCUT2D eigenvalue weighted by molar-refractivity contribution is -0.155. The highest BCUT2D eigenvalue weighted by Gasteiger charge is 2.24. The fraction of sp³-hybridized carbons (Fsp3) is 0.351. The molecule has 9 aromatic heterocycles. The van der Waals surface area contributed by atoms with E-state index >= 15 is 0 Å². The smallest absolute Gasteiger partial charge is 0.308 e. The predicted molar refractivity (Wildman–Crippen MR) is 399 cm³/mol. The van der Waals surface area contributed by atoms with Crippen molar-refractivity contribution in [2.75, 3.05) is 128 Å². The maximum atomic E-state index is 12.2. The minimum Gasteiger partial charge on any atom is -0.481 e. The van der Waals surface area contributed by atoms with Crippen LogP contribution in [0.3, 0.4) is 0 Å². The maximum absolute atomic E-state index is 12.2. The third-order valence-corrected chi connectivity index (χ3v) is 16.9. The van der Waals surface area contributed by atoms with Crippen molar-refractivity contribution in [2.24, 2.45) is 0 Å². The molecule has 0 radical (unpaired) electrons. The summed E-state index contributed by atoms with van der Waals surface area (Å²) in [5.41, 5.74) is 15.9. The second kappa shape index (κ2) is 32.3. The van der Waals surface area contributed by atoms with Gasteiger partial charge in [0.25, 0.3) is 0 Å². The minimum atomic E-state index is -0.852. The molecule has 12 aromatic rings. The molecular formula is C74H83BrN18O9. The molecule has 15 rings (SSSR count). The SMILES string of the molecule is CC(C)(C)OC(=O)CCBr.CC(C)(C)OC(=O)CCNc1cc(N2CCOCC2)nc2c(-c3cnc4ccccc4c3)cnn12.Nc1cc(N2CCOCC2)nc2c(-c3cnc4ccccc4c3)cnn12.O=C(O)CCNc1cc(N2CCOCC2)nc2c(-c3cnc4ccccc4c3)cnn12. The molecule has 3 aromatic carbocycles. The molecule has 28 heteroatoms. The Bertz CT molecular complexity index is 4920. The van der Waals surface area contributed by atoms with E-state index in [0.29, 0.717) is 81.8 Å². The first-order chi connectivity index (χ1) is 49.3. The van der Waals surface area contributed by atoms with Gasteiger partial charge >= 0.3 is 17.9 Å². The second-order valence-electron chi connectivity index (χ2n) is 26.3. The van der Waals surface area contributed by atoms with E-state index in [2.05, 4.69) is 95.8 Å². The number of aromatic nitrogens is 12. The normalized spacial score (nSPS) is 14.2. The van der Waals surface area contributed by atoms with Crippen molar-refractivity contribution in [1.82, 2.24) is 58.7 Å². The number of nitrogens with two attached hydrogens (primary N) is 1. The number of pyridine rings is 3. The van der Waals surface area contributed by atoms with E-state index in [9.17, 15) is 14.4 Å². The summed E-state index contributed by atoms with van der Waals surface area (Å²) in [6.45, 7) is 20.6. The van der Waals surface area contributed by atoms with Gasteiger partial charge in [0.15, 0.2) is 16.9 Å². The molecule has 0 amide bonds. The first kappa shape index (κ1) is 71.2. The zero-order valence-corrected chi connectivity index (χ0v) is 59.5. The van der Waals surface area contributed by atoms with Gasteiger partial charge in [0, 0.05) is 144 Å². The van der Waals surface area contributed by atoms with E-state index in [1.54, 1.807) is 25.9 Å². The lowest BCUT2D eigenvalue weighted by Gasteiger charge is -2.28. The van der Waals surface area contributed by atoms with Crippen LogP contribution >= 0.6 is 15.9 Å². The number of rotatable bonds is 16. The summed E-state index contributed by atoms with van der Waals surface area (Å²) in [5.74, 6) is 3.30. The molecule has 0 spiro atoms. The number of carboxylic acid groups (broad SMARTS) is 1. The zero-order chi connectivity index (χ0) is 71.3. The molecule has 0 saturated carbocycles. The molecule has 0 atom stereocenters. The molecule has 3 aliphatic rings. The van der Waals surface area contributed by atoms with Crippen molar-refractivity contribution in [2.45, 2.75) is 72.0 Å². The number of hydrogen-bond acceptors (Lipinski definition) is 23. The number of para-hydroxylation sites is 3. The first-order valence-corrected chi connectivity index (χ1v) is 35.1. The van der Waals surface area contributed by atoms with E-state index in [4.69, 9.17) is 49.5 Å². The van der Waals surface area contributed by atoms with E-state index in [-0.39, 0.29) is 30.4 Å². The maximum Gasteiger partial charge on any atom is 0.308 e. The summed E-state index contributed by atoms with van der Waals surface area (Å²) in [6.07, 6.45) is 11.6. The molecule has 3 fully saturated rings. The Kier molecular flexibility index (Phi) is 22.5. The number of morpholine rings is 3. The van der Waals surface area contributed by atoms with Gasteiger partial charge in [0.1, 0.15) is 46.1 Å². The van der Waals surface area contributed by atoms with Crippen molar-refractivity contribution in [3.05, 3.63) is 146 Å². The average molecular weight is 1450 g/mol. The number of carboxylic acids is 1. The Morgan fingerprint density at radius 3 is 1.20 bits per heavy atom. The molecule has 0 unspecified atom stereocenters. The van der Waals surface area contributed by atoms with Gasteiger partial charge in [-0.2, -0.15) is 28.8 Å². The van der Waals surface area contributed by atoms with Gasteiger partial charge in [0.05, 0.1) is 94.0 Å². The van der Waals surface area contributed by atoms with E-state index < -0.39 is 11.6 Å². The summed E-state index contributed by atoms with van der Waals surface area (Å²) in [7, 11) is 0. The Morgan fingerprint density at radius 1 is 0.480 bits per heavy atom. The van der Waals surface area contributed by atoms with Crippen LogP contribution in [0.1, 0.15) is 60.8 Å². The number of nitrogen functional groups attached to an aromatic ring is 1. The van der Waals surface area contributed by atoms with Crippen LogP contribution in [0.4, 0.5) is 34.9 Å². The van der Waals surface area contributed by atoms with Gasteiger partial charge in [-0.05, 0) is 77.9 Å². The van der Waals surface area contributed by atoms with E-state index in [1.807, 2.05) is 151 Å². The molecule has 12 heterocycles. The highest BCUT2D eigenvalue weighted by Crippen LogP contribution is 2.34. The Balaban J connectivity index is 0.000000136. The number of nitrogens with zero attached hydrogens (tertiary/aromatic N) is 15. The van der Waals surface area contributed by atoms with Crippen LogP contribution in [0.5, 0.6) is 0 Å². The average Bonchev–Trinajstić information content (AvgIpc) is 1.60. The first-order valence-electron chi connectivity index (χ1n) is 34.0. The number of esters is 2. The molecule has 3 saturated heterocycles. The second-order valence-corrected chi connectivity index (χ2v) is 27.1. The summed E-state index contributed by atoms with van der Waals surface area (Å²) in [6, 6.07) is 36.1. The Hall–Kier alpha value is -10.7. The van der Waals surface area contributed by atoms with Crippen molar-refractivity contribution in [3.8, 4) is 33.4 Å². The molecule has 0 bridgehead atoms. The van der Waals surface area contributed by atoms with Crippen LogP contribution in [0.15, 0.2) is 146 Å². The molecule has 27 nitrogen and oxygen atoms in total. The van der Waals surface area contributed by atoms with Crippen LogP contribution in [0.2, 0.25) is 0 Å². The van der Waals surface area contributed by atoms with Crippen LogP contribution in [-0.2, 0) is 38.1 Å². The van der Waals surface area contributed by atoms with Crippen LogP contribution in [0, 0.1) is 0 Å². The summed E-state index contributed by atoms with van der Waals surface area (Å²) >= 11 is 3.16. The van der Waals surface area contributed by atoms with Crippen molar-refractivity contribution < 1.29 is 43.2 Å². The van der Waals surface area contributed by atoms with Crippen LogP contribution in [-0.4, -0.2) is 190 Å². The van der Waals surface area contributed by atoms with Gasteiger partial charge in [-0.15, -0.1) is 0 Å². The number of alkyl halides is 1. The number of nitrogens with one attached hydrogen (secondary N) is 2. The van der Waals surface area contributed by atoms with Gasteiger partial charge < -0.3 is 59.9 Å².